The molecule has 3 rings (SSSR count). The third kappa shape index (κ3) is 4.65. The maximum absolute atomic E-state index is 13.1. The predicted octanol–water partition coefficient (Wildman–Crippen LogP) is 2.86. The summed E-state index contributed by atoms with van der Waals surface area (Å²) in [7, 11) is 1.65. The van der Waals surface area contributed by atoms with Crippen molar-refractivity contribution in [3.8, 4) is 5.75 Å². The molecule has 0 saturated carbocycles. The topological polar surface area (TPSA) is 61.9 Å². The van der Waals surface area contributed by atoms with E-state index in [0.29, 0.717) is 18.0 Å². The molecule has 0 unspecified atom stereocenters. The number of nitrogens with zero attached hydrogens (tertiary/aromatic N) is 2. The van der Waals surface area contributed by atoms with Crippen molar-refractivity contribution in [2.75, 3.05) is 38.2 Å². The molecule has 1 atom stereocenters. The van der Waals surface area contributed by atoms with Gasteiger partial charge in [0.25, 0.3) is 5.91 Å². The Morgan fingerprint density at radius 2 is 1.75 bits per heavy atom. The number of benzene rings is 1. The lowest BCUT2D eigenvalue weighted by molar-refractivity contribution is -0.134. The van der Waals surface area contributed by atoms with Crippen LogP contribution in [0.4, 0.5) is 5.69 Å². The number of thiophene rings is 1. The van der Waals surface area contributed by atoms with Crippen LogP contribution in [0.25, 0.3) is 0 Å². The van der Waals surface area contributed by atoms with E-state index in [1.54, 1.807) is 13.2 Å². The van der Waals surface area contributed by atoms with E-state index in [2.05, 4.69) is 10.2 Å². The van der Waals surface area contributed by atoms with Crippen LogP contribution in [0.5, 0.6) is 5.75 Å². The van der Waals surface area contributed by atoms with Gasteiger partial charge in [-0.2, -0.15) is 0 Å². The number of amides is 2. The van der Waals surface area contributed by atoms with Crippen LogP contribution in [0.2, 0.25) is 0 Å². The van der Waals surface area contributed by atoms with Gasteiger partial charge in [0.1, 0.15) is 11.8 Å². The Morgan fingerprint density at radius 1 is 1.07 bits per heavy atom. The van der Waals surface area contributed by atoms with E-state index in [1.807, 2.05) is 54.5 Å². The first kappa shape index (κ1) is 20.2. The molecule has 28 heavy (non-hydrogen) atoms. The Morgan fingerprint density at radius 3 is 2.29 bits per heavy atom. The Labute approximate surface area is 170 Å². The summed E-state index contributed by atoms with van der Waals surface area (Å²) in [4.78, 5) is 30.2. The first-order valence-electron chi connectivity index (χ1n) is 9.51. The van der Waals surface area contributed by atoms with Crippen LogP contribution in [-0.4, -0.2) is 56.0 Å². The van der Waals surface area contributed by atoms with E-state index in [1.165, 1.54) is 11.3 Å². The number of hydrogen-bond donors (Lipinski definition) is 1. The number of methoxy groups -OCH3 is 1. The van der Waals surface area contributed by atoms with Crippen molar-refractivity contribution in [3.05, 3.63) is 46.7 Å². The Kier molecular flexibility index (Phi) is 6.57. The van der Waals surface area contributed by atoms with Gasteiger partial charge in [0.15, 0.2) is 0 Å². The molecule has 1 aliphatic heterocycles. The zero-order valence-electron chi connectivity index (χ0n) is 16.6. The highest BCUT2D eigenvalue weighted by atomic mass is 32.1. The van der Waals surface area contributed by atoms with Crippen LogP contribution < -0.4 is 15.0 Å². The summed E-state index contributed by atoms with van der Waals surface area (Å²) in [6, 6.07) is 11.1. The molecule has 6 nitrogen and oxygen atoms in total. The fraction of sp³-hybridized carbons (Fsp3) is 0.429. The third-order valence-electron chi connectivity index (χ3n) is 4.99. The van der Waals surface area contributed by atoms with Crippen LogP contribution >= 0.6 is 11.3 Å². The standard InChI is InChI=1S/C21H27N3O3S/c1-15(2)19(22-20(25)18-5-4-14-28-18)21(26)24-12-10-23(11-13-24)16-6-8-17(27-3)9-7-16/h4-9,14-15,19H,10-13H2,1-3H3,(H,22,25)/t19-/m1/s1. The average Bonchev–Trinajstić information content (AvgIpc) is 3.26. The molecular formula is C21H27N3O3S. The van der Waals surface area contributed by atoms with Crippen molar-refractivity contribution in [3.63, 3.8) is 0 Å². The summed E-state index contributed by atoms with van der Waals surface area (Å²) in [6.07, 6.45) is 0. The zero-order valence-corrected chi connectivity index (χ0v) is 17.4. The van der Waals surface area contributed by atoms with Crippen molar-refractivity contribution in [2.45, 2.75) is 19.9 Å². The summed E-state index contributed by atoms with van der Waals surface area (Å²) < 4.78 is 5.21. The van der Waals surface area contributed by atoms with E-state index in [4.69, 9.17) is 4.74 Å². The van der Waals surface area contributed by atoms with Crippen molar-refractivity contribution in [2.24, 2.45) is 5.92 Å². The van der Waals surface area contributed by atoms with E-state index >= 15 is 0 Å². The second-order valence-corrected chi connectivity index (χ2v) is 8.13. The van der Waals surface area contributed by atoms with Gasteiger partial charge in [0, 0.05) is 31.9 Å². The van der Waals surface area contributed by atoms with Crippen LogP contribution in [0.3, 0.4) is 0 Å². The summed E-state index contributed by atoms with van der Waals surface area (Å²) >= 11 is 1.38. The number of carbonyl (C=O) groups is 2. The van der Waals surface area contributed by atoms with Gasteiger partial charge >= 0.3 is 0 Å². The van der Waals surface area contributed by atoms with Gasteiger partial charge in [-0.25, -0.2) is 0 Å². The molecule has 2 aromatic rings. The molecule has 1 fully saturated rings. The fourth-order valence-corrected chi connectivity index (χ4v) is 3.94. The molecule has 2 heterocycles. The minimum Gasteiger partial charge on any atom is -0.497 e. The lowest BCUT2D eigenvalue weighted by Crippen LogP contribution is -2.56. The highest BCUT2D eigenvalue weighted by Crippen LogP contribution is 2.21. The van der Waals surface area contributed by atoms with Gasteiger partial charge in [0.05, 0.1) is 12.0 Å². The normalized spacial score (nSPS) is 15.4. The molecule has 0 bridgehead atoms. The van der Waals surface area contributed by atoms with Crippen molar-refractivity contribution in [1.82, 2.24) is 10.2 Å². The van der Waals surface area contributed by atoms with Gasteiger partial charge in [-0.15, -0.1) is 11.3 Å². The molecule has 1 aliphatic rings. The van der Waals surface area contributed by atoms with Crippen LogP contribution in [0, 0.1) is 5.92 Å². The molecule has 1 aromatic heterocycles. The molecule has 0 spiro atoms. The van der Waals surface area contributed by atoms with Crippen molar-refractivity contribution in [1.29, 1.82) is 0 Å². The molecular weight excluding hydrogens is 374 g/mol. The average molecular weight is 402 g/mol. The zero-order chi connectivity index (χ0) is 20.1. The predicted molar refractivity (Wildman–Crippen MR) is 112 cm³/mol. The molecule has 1 saturated heterocycles. The molecule has 1 N–H and O–H groups in total. The van der Waals surface area contributed by atoms with Crippen LogP contribution in [0.1, 0.15) is 23.5 Å². The number of ether oxygens (including phenoxy) is 1. The number of nitrogens with one attached hydrogen (secondary N) is 1. The number of anilines is 1. The first-order chi connectivity index (χ1) is 13.5. The fourth-order valence-electron chi connectivity index (χ4n) is 3.31. The van der Waals surface area contributed by atoms with E-state index in [-0.39, 0.29) is 17.7 Å². The lowest BCUT2D eigenvalue weighted by Gasteiger charge is -2.38. The van der Waals surface area contributed by atoms with Crippen LogP contribution in [-0.2, 0) is 4.79 Å². The Bertz CT molecular complexity index is 782. The van der Waals surface area contributed by atoms with E-state index < -0.39 is 6.04 Å². The number of hydrogen-bond acceptors (Lipinski definition) is 5. The molecule has 1 aromatic carbocycles. The van der Waals surface area contributed by atoms with E-state index in [0.717, 1.165) is 24.5 Å². The highest BCUT2D eigenvalue weighted by Gasteiger charge is 2.31. The second kappa shape index (κ2) is 9.10. The minimum atomic E-state index is -0.512. The molecule has 7 heteroatoms. The lowest BCUT2D eigenvalue weighted by atomic mass is 10.0. The van der Waals surface area contributed by atoms with E-state index in [9.17, 15) is 9.59 Å². The highest BCUT2D eigenvalue weighted by molar-refractivity contribution is 7.12. The van der Waals surface area contributed by atoms with Gasteiger partial charge < -0.3 is 19.9 Å². The van der Waals surface area contributed by atoms with Crippen molar-refractivity contribution >= 4 is 28.8 Å². The van der Waals surface area contributed by atoms with Gasteiger partial charge in [-0.3, -0.25) is 9.59 Å². The number of carbonyl (C=O) groups excluding carboxylic acids is 2. The van der Waals surface area contributed by atoms with Crippen LogP contribution in [0.15, 0.2) is 41.8 Å². The smallest absolute Gasteiger partial charge is 0.262 e. The minimum absolute atomic E-state index is 0.00529. The number of piperazine rings is 1. The van der Waals surface area contributed by atoms with Gasteiger partial charge in [-0.1, -0.05) is 19.9 Å². The Balaban J connectivity index is 1.59. The summed E-state index contributed by atoms with van der Waals surface area (Å²) in [5.74, 6) is 0.669. The van der Waals surface area contributed by atoms with Gasteiger partial charge in [0.2, 0.25) is 5.91 Å². The quantitative estimate of drug-likeness (QED) is 0.809. The summed E-state index contributed by atoms with van der Waals surface area (Å²) in [6.45, 7) is 6.74. The molecule has 150 valence electrons. The monoisotopic (exact) mass is 401 g/mol. The van der Waals surface area contributed by atoms with Crippen molar-refractivity contribution < 1.29 is 14.3 Å². The SMILES string of the molecule is COc1ccc(N2CCN(C(=O)[C@H](NC(=O)c3cccs3)C(C)C)CC2)cc1. The van der Waals surface area contributed by atoms with Gasteiger partial charge in [-0.05, 0) is 41.6 Å². The molecule has 0 radical (unpaired) electrons. The summed E-state index contributed by atoms with van der Waals surface area (Å²) in [5.41, 5.74) is 1.12. The third-order valence-corrected chi connectivity index (χ3v) is 5.86. The largest absolute Gasteiger partial charge is 0.497 e. The summed E-state index contributed by atoms with van der Waals surface area (Å²) in [5, 5.41) is 4.78. The molecule has 2 amide bonds. The maximum Gasteiger partial charge on any atom is 0.262 e. The number of rotatable bonds is 6. The first-order valence-corrected chi connectivity index (χ1v) is 10.4. The maximum atomic E-state index is 13.1. The molecule has 0 aliphatic carbocycles. The Hall–Kier alpha value is -2.54. The second-order valence-electron chi connectivity index (χ2n) is 7.18.